The lowest BCUT2D eigenvalue weighted by atomic mass is 10.1. The molecule has 138 valence electrons. The van der Waals surface area contributed by atoms with E-state index in [1.54, 1.807) is 49.1 Å². The van der Waals surface area contributed by atoms with Crippen molar-refractivity contribution in [3.05, 3.63) is 89.8 Å². The van der Waals surface area contributed by atoms with Gasteiger partial charge in [-0.05, 0) is 48.0 Å². The van der Waals surface area contributed by atoms with Crippen LogP contribution < -0.4 is 10.1 Å². The third kappa shape index (κ3) is 4.21. The Labute approximate surface area is 165 Å². The van der Waals surface area contributed by atoms with Gasteiger partial charge in [0.25, 0.3) is 11.1 Å². The van der Waals surface area contributed by atoms with E-state index in [1.807, 2.05) is 29.6 Å². The van der Waals surface area contributed by atoms with Crippen LogP contribution in [0.3, 0.4) is 0 Å². The first-order valence-corrected chi connectivity index (χ1v) is 9.47. The molecule has 0 saturated carbocycles. The lowest BCUT2D eigenvalue weighted by molar-refractivity contribution is 0.0951. The lowest BCUT2D eigenvalue weighted by Gasteiger charge is -2.10. The molecule has 4 rings (SSSR count). The predicted molar refractivity (Wildman–Crippen MR) is 107 cm³/mol. The van der Waals surface area contributed by atoms with Crippen LogP contribution in [0.15, 0.2) is 78.7 Å². The van der Waals surface area contributed by atoms with Crippen LogP contribution in [0.2, 0.25) is 0 Å². The first-order chi connectivity index (χ1) is 13.8. The fourth-order valence-corrected chi connectivity index (χ4v) is 3.17. The fraction of sp³-hybridized carbons (Fsp3) is 0.0476. The molecule has 3 heterocycles. The molecule has 3 aromatic heterocycles. The van der Waals surface area contributed by atoms with Crippen LogP contribution >= 0.6 is 11.3 Å². The topological polar surface area (TPSA) is 77.0 Å². The molecule has 0 saturated heterocycles. The van der Waals surface area contributed by atoms with Crippen molar-refractivity contribution in [2.45, 2.75) is 6.54 Å². The van der Waals surface area contributed by atoms with E-state index in [1.165, 1.54) is 11.3 Å². The number of carbonyl (C=O) groups is 1. The fourth-order valence-electron chi connectivity index (χ4n) is 2.66. The zero-order chi connectivity index (χ0) is 19.2. The highest BCUT2D eigenvalue weighted by molar-refractivity contribution is 7.11. The van der Waals surface area contributed by atoms with E-state index >= 15 is 0 Å². The highest BCUT2D eigenvalue weighted by atomic mass is 32.1. The maximum atomic E-state index is 12.5. The summed E-state index contributed by atoms with van der Waals surface area (Å²) in [5.74, 6) is 0.476. The lowest BCUT2D eigenvalue weighted by Crippen LogP contribution is -2.23. The average molecular weight is 388 g/mol. The molecule has 1 amide bonds. The zero-order valence-corrected chi connectivity index (χ0v) is 15.6. The standard InChI is InChI=1S/C21H16N4O2S/c26-20(16-3-5-18(6-4-16)27-21-24-12-13-28-21)25-14-17-2-1-9-23-19(17)15-7-10-22-11-8-15/h1-13H,14H2,(H,25,26). The Bertz CT molecular complexity index is 1050. The maximum absolute atomic E-state index is 12.5. The van der Waals surface area contributed by atoms with E-state index in [0.717, 1.165) is 16.8 Å². The Morgan fingerprint density at radius 2 is 1.79 bits per heavy atom. The van der Waals surface area contributed by atoms with E-state index in [9.17, 15) is 4.79 Å². The Hall–Kier alpha value is -3.58. The van der Waals surface area contributed by atoms with Gasteiger partial charge in [-0.1, -0.05) is 17.4 Å². The molecule has 1 N–H and O–H groups in total. The molecule has 0 spiro atoms. The van der Waals surface area contributed by atoms with Crippen molar-refractivity contribution in [3.63, 3.8) is 0 Å². The SMILES string of the molecule is O=C(NCc1cccnc1-c1ccncc1)c1ccc(Oc2nccs2)cc1. The van der Waals surface area contributed by atoms with Gasteiger partial charge >= 0.3 is 0 Å². The number of ether oxygens (including phenoxy) is 1. The maximum Gasteiger partial charge on any atom is 0.278 e. The number of nitrogens with one attached hydrogen (secondary N) is 1. The Kier molecular flexibility index (Phi) is 5.35. The Morgan fingerprint density at radius 3 is 2.54 bits per heavy atom. The zero-order valence-electron chi connectivity index (χ0n) is 14.8. The molecule has 0 unspecified atom stereocenters. The molecule has 4 aromatic rings. The molecule has 0 atom stereocenters. The summed E-state index contributed by atoms with van der Waals surface area (Å²) < 4.78 is 5.61. The number of amides is 1. The molecule has 0 bridgehead atoms. The van der Waals surface area contributed by atoms with Gasteiger partial charge in [-0.25, -0.2) is 4.98 Å². The van der Waals surface area contributed by atoms with Gasteiger partial charge in [0.15, 0.2) is 0 Å². The van der Waals surface area contributed by atoms with E-state index in [-0.39, 0.29) is 5.91 Å². The molecular weight excluding hydrogens is 372 g/mol. The summed E-state index contributed by atoms with van der Waals surface area (Å²) in [6.45, 7) is 0.377. The first-order valence-electron chi connectivity index (χ1n) is 8.59. The van der Waals surface area contributed by atoms with E-state index in [4.69, 9.17) is 4.74 Å². The molecule has 0 aliphatic carbocycles. The summed E-state index contributed by atoms with van der Waals surface area (Å²) in [6.07, 6.45) is 6.87. The minimum Gasteiger partial charge on any atom is -0.431 e. The molecule has 28 heavy (non-hydrogen) atoms. The normalized spacial score (nSPS) is 10.4. The van der Waals surface area contributed by atoms with Crippen molar-refractivity contribution in [1.82, 2.24) is 20.3 Å². The van der Waals surface area contributed by atoms with Crippen molar-refractivity contribution < 1.29 is 9.53 Å². The smallest absolute Gasteiger partial charge is 0.278 e. The molecule has 0 radical (unpaired) electrons. The van der Waals surface area contributed by atoms with Crippen molar-refractivity contribution in [3.8, 4) is 22.2 Å². The van der Waals surface area contributed by atoms with Crippen LogP contribution in [0.25, 0.3) is 11.3 Å². The number of aromatic nitrogens is 3. The third-order valence-corrected chi connectivity index (χ3v) is 4.66. The van der Waals surface area contributed by atoms with E-state index in [0.29, 0.717) is 23.1 Å². The number of rotatable bonds is 6. The second-order valence-electron chi connectivity index (χ2n) is 5.85. The Balaban J connectivity index is 1.42. The number of nitrogens with zero attached hydrogens (tertiary/aromatic N) is 3. The van der Waals surface area contributed by atoms with Gasteiger partial charge < -0.3 is 10.1 Å². The van der Waals surface area contributed by atoms with Crippen LogP contribution in [0, 0.1) is 0 Å². The monoisotopic (exact) mass is 388 g/mol. The van der Waals surface area contributed by atoms with Crippen molar-refractivity contribution in [1.29, 1.82) is 0 Å². The minimum atomic E-state index is -0.162. The van der Waals surface area contributed by atoms with Crippen LogP contribution in [-0.4, -0.2) is 20.9 Å². The Morgan fingerprint density at radius 1 is 0.964 bits per heavy atom. The van der Waals surface area contributed by atoms with Gasteiger partial charge in [-0.15, -0.1) is 0 Å². The molecule has 7 heteroatoms. The summed E-state index contributed by atoms with van der Waals surface area (Å²) in [5.41, 5.74) is 3.28. The van der Waals surface area contributed by atoms with Crippen molar-refractivity contribution in [2.75, 3.05) is 0 Å². The number of hydrogen-bond acceptors (Lipinski definition) is 6. The van der Waals surface area contributed by atoms with Crippen LogP contribution in [0.4, 0.5) is 0 Å². The molecule has 0 aliphatic heterocycles. The van der Waals surface area contributed by atoms with Gasteiger partial charge in [0, 0.05) is 47.8 Å². The van der Waals surface area contributed by atoms with Crippen LogP contribution in [0.5, 0.6) is 10.9 Å². The number of carbonyl (C=O) groups excluding carboxylic acids is 1. The van der Waals surface area contributed by atoms with Crippen molar-refractivity contribution >= 4 is 17.2 Å². The molecule has 1 aromatic carbocycles. The summed E-state index contributed by atoms with van der Waals surface area (Å²) in [7, 11) is 0. The first kappa shape index (κ1) is 17.8. The summed E-state index contributed by atoms with van der Waals surface area (Å²) >= 11 is 1.41. The molecule has 6 nitrogen and oxygen atoms in total. The number of hydrogen-bond donors (Lipinski definition) is 1. The number of thiazole rings is 1. The molecular formula is C21H16N4O2S. The van der Waals surface area contributed by atoms with E-state index < -0.39 is 0 Å². The molecule has 0 fully saturated rings. The summed E-state index contributed by atoms with van der Waals surface area (Å²) in [4.78, 5) is 25.1. The third-order valence-electron chi connectivity index (χ3n) is 4.02. The summed E-state index contributed by atoms with van der Waals surface area (Å²) in [5, 5.41) is 5.35. The highest BCUT2D eigenvalue weighted by Crippen LogP contribution is 2.23. The van der Waals surface area contributed by atoms with Gasteiger partial charge in [-0.3, -0.25) is 14.8 Å². The van der Waals surface area contributed by atoms with Crippen LogP contribution in [-0.2, 0) is 6.54 Å². The van der Waals surface area contributed by atoms with E-state index in [2.05, 4.69) is 20.3 Å². The van der Waals surface area contributed by atoms with Crippen molar-refractivity contribution in [2.24, 2.45) is 0 Å². The highest BCUT2D eigenvalue weighted by Gasteiger charge is 2.10. The largest absolute Gasteiger partial charge is 0.431 e. The minimum absolute atomic E-state index is 0.162. The summed E-state index contributed by atoms with van der Waals surface area (Å²) in [6, 6.07) is 14.6. The molecule has 0 aliphatic rings. The van der Waals surface area contributed by atoms with Gasteiger partial charge in [-0.2, -0.15) is 0 Å². The van der Waals surface area contributed by atoms with Crippen LogP contribution in [0.1, 0.15) is 15.9 Å². The second kappa shape index (κ2) is 8.41. The number of pyridine rings is 2. The van der Waals surface area contributed by atoms with Gasteiger partial charge in [0.2, 0.25) is 0 Å². The van der Waals surface area contributed by atoms with Gasteiger partial charge in [0.05, 0.1) is 5.69 Å². The average Bonchev–Trinajstić information content (AvgIpc) is 3.26. The second-order valence-corrected chi connectivity index (χ2v) is 6.71. The van der Waals surface area contributed by atoms with Gasteiger partial charge in [0.1, 0.15) is 5.75 Å². The number of benzene rings is 1. The predicted octanol–water partition coefficient (Wildman–Crippen LogP) is 4.32. The quantitative estimate of drug-likeness (QED) is 0.532.